The van der Waals surface area contributed by atoms with Crippen molar-refractivity contribution in [3.05, 3.63) is 24.3 Å². The molecular weight excluding hydrogens is 302 g/mol. The van der Waals surface area contributed by atoms with Crippen LogP contribution in [0.25, 0.3) is 10.2 Å². The molecule has 1 aromatic heterocycles. The van der Waals surface area contributed by atoms with Gasteiger partial charge in [-0.3, -0.25) is 4.79 Å². The molecule has 0 fully saturated rings. The summed E-state index contributed by atoms with van der Waals surface area (Å²) in [4.78, 5) is 18.6. The fraction of sp³-hybridized carbons (Fsp3) is 0.467. The third kappa shape index (κ3) is 4.98. The van der Waals surface area contributed by atoms with Crippen molar-refractivity contribution in [1.29, 1.82) is 0 Å². The number of benzene rings is 1. The van der Waals surface area contributed by atoms with Gasteiger partial charge in [0.1, 0.15) is 0 Å². The van der Waals surface area contributed by atoms with Crippen LogP contribution in [0.2, 0.25) is 0 Å². The van der Waals surface area contributed by atoms with E-state index in [9.17, 15) is 4.79 Å². The van der Waals surface area contributed by atoms with Gasteiger partial charge in [0, 0.05) is 13.1 Å². The number of aromatic nitrogens is 1. The zero-order valence-electron chi connectivity index (χ0n) is 12.5. The predicted octanol–water partition coefficient (Wildman–Crippen LogP) is 2.85. The molecule has 0 atom stereocenters. The van der Waals surface area contributed by atoms with Crippen LogP contribution in [0.5, 0.6) is 0 Å². The molecule has 1 aromatic carbocycles. The number of hydrogen-bond acceptors (Lipinski definition) is 5. The fourth-order valence-electron chi connectivity index (χ4n) is 1.98. The Morgan fingerprint density at radius 3 is 2.81 bits per heavy atom. The van der Waals surface area contributed by atoms with Gasteiger partial charge in [-0.15, -0.1) is 11.3 Å². The van der Waals surface area contributed by atoms with E-state index < -0.39 is 0 Å². The SMILES string of the molecule is CCN(CC)CCNC(=O)CSc1nc2ccccc2s1. The molecule has 6 heteroatoms. The first-order valence-electron chi connectivity index (χ1n) is 7.20. The lowest BCUT2D eigenvalue weighted by Crippen LogP contribution is -2.35. The number of fused-ring (bicyclic) bond motifs is 1. The van der Waals surface area contributed by atoms with Gasteiger partial charge in [-0.05, 0) is 25.2 Å². The Labute approximate surface area is 133 Å². The van der Waals surface area contributed by atoms with E-state index in [0.717, 1.165) is 29.5 Å². The number of thioether (sulfide) groups is 1. The minimum absolute atomic E-state index is 0.0754. The average molecular weight is 323 g/mol. The third-order valence-electron chi connectivity index (χ3n) is 3.25. The maximum Gasteiger partial charge on any atom is 0.230 e. The third-order valence-corrected chi connectivity index (χ3v) is 5.42. The highest BCUT2D eigenvalue weighted by Gasteiger charge is 2.07. The lowest BCUT2D eigenvalue weighted by atomic mass is 10.3. The lowest BCUT2D eigenvalue weighted by molar-refractivity contribution is -0.118. The molecule has 1 N–H and O–H groups in total. The van der Waals surface area contributed by atoms with Crippen LogP contribution in [-0.4, -0.2) is 47.7 Å². The van der Waals surface area contributed by atoms with E-state index in [0.29, 0.717) is 12.3 Å². The number of carbonyl (C=O) groups is 1. The number of nitrogens with one attached hydrogen (secondary N) is 1. The van der Waals surface area contributed by atoms with Crippen molar-refractivity contribution in [2.24, 2.45) is 0 Å². The summed E-state index contributed by atoms with van der Waals surface area (Å²) in [6.45, 7) is 7.92. The van der Waals surface area contributed by atoms with E-state index in [-0.39, 0.29) is 5.91 Å². The van der Waals surface area contributed by atoms with Crippen LogP contribution in [0.4, 0.5) is 0 Å². The van der Waals surface area contributed by atoms with E-state index in [1.807, 2.05) is 18.2 Å². The number of hydrogen-bond donors (Lipinski definition) is 1. The number of thiazole rings is 1. The zero-order valence-corrected chi connectivity index (χ0v) is 14.1. The number of rotatable bonds is 8. The number of amides is 1. The van der Waals surface area contributed by atoms with Gasteiger partial charge in [-0.2, -0.15) is 0 Å². The monoisotopic (exact) mass is 323 g/mol. The van der Waals surface area contributed by atoms with Gasteiger partial charge in [0.05, 0.1) is 16.0 Å². The smallest absolute Gasteiger partial charge is 0.230 e. The van der Waals surface area contributed by atoms with Crippen LogP contribution < -0.4 is 5.32 Å². The molecular formula is C15H21N3OS2. The first kappa shape index (κ1) is 16.3. The Hall–Kier alpha value is -1.11. The molecule has 0 saturated carbocycles. The number of likely N-dealkylation sites (N-methyl/N-ethyl adjacent to an activating group) is 1. The van der Waals surface area contributed by atoms with Crippen LogP contribution in [-0.2, 0) is 4.79 Å². The summed E-state index contributed by atoms with van der Waals surface area (Å²) < 4.78 is 2.12. The average Bonchev–Trinajstić information content (AvgIpc) is 2.92. The van der Waals surface area contributed by atoms with Crippen molar-refractivity contribution < 1.29 is 4.79 Å². The van der Waals surface area contributed by atoms with Crippen molar-refractivity contribution in [3.8, 4) is 0 Å². The summed E-state index contributed by atoms with van der Waals surface area (Å²) in [6, 6.07) is 8.05. The van der Waals surface area contributed by atoms with E-state index >= 15 is 0 Å². The second-order valence-electron chi connectivity index (χ2n) is 4.61. The lowest BCUT2D eigenvalue weighted by Gasteiger charge is -2.17. The summed E-state index contributed by atoms with van der Waals surface area (Å²) in [6.07, 6.45) is 0. The molecule has 21 heavy (non-hydrogen) atoms. The highest BCUT2D eigenvalue weighted by molar-refractivity contribution is 8.01. The molecule has 0 aliphatic heterocycles. The Kier molecular flexibility index (Phi) is 6.48. The molecule has 2 rings (SSSR count). The Morgan fingerprint density at radius 1 is 1.33 bits per heavy atom. The molecule has 0 saturated heterocycles. The summed E-state index contributed by atoms with van der Waals surface area (Å²) >= 11 is 3.15. The van der Waals surface area contributed by atoms with E-state index in [2.05, 4.69) is 35.1 Å². The Morgan fingerprint density at radius 2 is 2.10 bits per heavy atom. The Bertz CT molecular complexity index is 548. The number of carbonyl (C=O) groups excluding carboxylic acids is 1. The first-order chi connectivity index (χ1) is 10.2. The highest BCUT2D eigenvalue weighted by Crippen LogP contribution is 2.28. The first-order valence-corrected chi connectivity index (χ1v) is 9.00. The van der Waals surface area contributed by atoms with Crippen LogP contribution in [0, 0.1) is 0 Å². The van der Waals surface area contributed by atoms with Gasteiger partial charge >= 0.3 is 0 Å². The molecule has 114 valence electrons. The maximum absolute atomic E-state index is 11.8. The van der Waals surface area contributed by atoms with Gasteiger partial charge in [0.25, 0.3) is 0 Å². The second-order valence-corrected chi connectivity index (χ2v) is 6.87. The summed E-state index contributed by atoms with van der Waals surface area (Å²) in [5, 5.41) is 2.96. The van der Waals surface area contributed by atoms with Gasteiger partial charge in [-0.25, -0.2) is 4.98 Å². The summed E-state index contributed by atoms with van der Waals surface area (Å²) in [7, 11) is 0. The van der Waals surface area contributed by atoms with Crippen LogP contribution in [0.15, 0.2) is 28.6 Å². The van der Waals surface area contributed by atoms with E-state index in [1.54, 1.807) is 11.3 Å². The molecule has 0 bridgehead atoms. The van der Waals surface area contributed by atoms with Crippen molar-refractivity contribution >= 4 is 39.2 Å². The molecule has 1 heterocycles. The summed E-state index contributed by atoms with van der Waals surface area (Å²) in [5.41, 5.74) is 1.01. The van der Waals surface area contributed by atoms with E-state index in [1.165, 1.54) is 16.5 Å². The molecule has 0 aliphatic rings. The molecule has 2 aromatic rings. The van der Waals surface area contributed by atoms with Crippen molar-refractivity contribution in [1.82, 2.24) is 15.2 Å². The van der Waals surface area contributed by atoms with Gasteiger partial charge in [-0.1, -0.05) is 37.7 Å². The van der Waals surface area contributed by atoms with Crippen LogP contribution >= 0.6 is 23.1 Å². The molecule has 0 radical (unpaired) electrons. The molecule has 0 spiro atoms. The van der Waals surface area contributed by atoms with Crippen LogP contribution in [0.3, 0.4) is 0 Å². The fourth-order valence-corrected chi connectivity index (χ4v) is 3.88. The van der Waals surface area contributed by atoms with Gasteiger partial charge in [0.2, 0.25) is 5.91 Å². The molecule has 0 aliphatic carbocycles. The zero-order chi connectivity index (χ0) is 15.1. The van der Waals surface area contributed by atoms with Crippen molar-refractivity contribution in [3.63, 3.8) is 0 Å². The van der Waals surface area contributed by atoms with Gasteiger partial charge < -0.3 is 10.2 Å². The second kappa shape index (κ2) is 8.36. The largest absolute Gasteiger partial charge is 0.354 e. The molecule has 1 amide bonds. The predicted molar refractivity (Wildman–Crippen MR) is 91.1 cm³/mol. The number of nitrogens with zero attached hydrogens (tertiary/aromatic N) is 2. The summed E-state index contributed by atoms with van der Waals surface area (Å²) in [5.74, 6) is 0.504. The number of para-hydroxylation sites is 1. The Balaban J connectivity index is 1.73. The standard InChI is InChI=1S/C15H21N3OS2/c1-3-18(4-2)10-9-16-14(19)11-20-15-17-12-7-5-6-8-13(12)21-15/h5-8H,3-4,9-11H2,1-2H3,(H,16,19). The van der Waals surface area contributed by atoms with Gasteiger partial charge in [0.15, 0.2) is 4.34 Å². The topological polar surface area (TPSA) is 45.2 Å². The molecule has 4 nitrogen and oxygen atoms in total. The highest BCUT2D eigenvalue weighted by atomic mass is 32.2. The van der Waals surface area contributed by atoms with Crippen molar-refractivity contribution in [2.45, 2.75) is 18.2 Å². The van der Waals surface area contributed by atoms with Crippen molar-refractivity contribution in [2.75, 3.05) is 31.9 Å². The van der Waals surface area contributed by atoms with Crippen LogP contribution in [0.1, 0.15) is 13.8 Å². The minimum Gasteiger partial charge on any atom is -0.354 e. The quantitative estimate of drug-likeness (QED) is 0.759. The van der Waals surface area contributed by atoms with E-state index in [4.69, 9.17) is 0 Å². The maximum atomic E-state index is 11.8. The minimum atomic E-state index is 0.0754. The molecule has 0 unspecified atom stereocenters. The normalized spacial score (nSPS) is 11.2.